The zero-order chi connectivity index (χ0) is 20.9. The monoisotopic (exact) mass is 422 g/mol. The van der Waals surface area contributed by atoms with Crippen LogP contribution in [0, 0.1) is 0 Å². The number of rotatable bonds is 7. The summed E-state index contributed by atoms with van der Waals surface area (Å²) in [6, 6.07) is 12.6. The second-order valence-electron chi connectivity index (χ2n) is 5.90. The van der Waals surface area contributed by atoms with Crippen LogP contribution in [0.25, 0.3) is 10.6 Å². The van der Waals surface area contributed by atoms with E-state index in [0.29, 0.717) is 12.3 Å². The van der Waals surface area contributed by atoms with Crippen LogP contribution in [0.2, 0.25) is 0 Å². The van der Waals surface area contributed by atoms with E-state index in [9.17, 15) is 18.0 Å². The van der Waals surface area contributed by atoms with E-state index < -0.39 is 18.0 Å². The van der Waals surface area contributed by atoms with E-state index in [1.165, 1.54) is 23.5 Å². The first-order valence-corrected chi connectivity index (χ1v) is 9.53. The molecule has 0 fully saturated rings. The van der Waals surface area contributed by atoms with Crippen molar-refractivity contribution < 1.29 is 27.4 Å². The van der Waals surface area contributed by atoms with Crippen molar-refractivity contribution in [1.29, 1.82) is 0 Å². The Kier molecular flexibility index (Phi) is 6.38. The van der Waals surface area contributed by atoms with E-state index in [2.05, 4.69) is 15.0 Å². The summed E-state index contributed by atoms with van der Waals surface area (Å²) in [7, 11) is 0. The molecule has 1 heterocycles. The van der Waals surface area contributed by atoms with Gasteiger partial charge in [0, 0.05) is 22.7 Å². The maximum Gasteiger partial charge on any atom is 0.573 e. The van der Waals surface area contributed by atoms with E-state index in [-0.39, 0.29) is 12.1 Å². The number of thiazole rings is 1. The highest BCUT2D eigenvalue weighted by atomic mass is 32.1. The smallest absolute Gasteiger partial charge is 0.494 e. The first-order valence-electron chi connectivity index (χ1n) is 8.65. The molecule has 0 unspecified atom stereocenters. The number of carbonyl (C=O) groups excluding carboxylic acids is 1. The molecule has 0 aliphatic carbocycles. The van der Waals surface area contributed by atoms with Crippen LogP contribution >= 0.6 is 11.3 Å². The molecule has 0 radical (unpaired) electrons. The Bertz CT molecular complexity index is 972. The van der Waals surface area contributed by atoms with Crippen LogP contribution in [0.1, 0.15) is 12.6 Å². The molecule has 1 aromatic heterocycles. The summed E-state index contributed by atoms with van der Waals surface area (Å²) >= 11 is 1.40. The molecule has 152 valence electrons. The zero-order valence-corrected chi connectivity index (χ0v) is 16.1. The van der Waals surface area contributed by atoms with Crippen LogP contribution in [0.15, 0.2) is 53.9 Å². The standard InChI is InChI=1S/C20H17F3N2O3S/c1-2-27-16-8-6-13(7-9-16)19-25-15(12-29-19)11-18(26)24-14-4-3-5-17(10-14)28-20(21,22)23/h3-10,12H,2,11H2,1H3,(H,24,26). The minimum Gasteiger partial charge on any atom is -0.494 e. The number of hydrogen-bond donors (Lipinski definition) is 1. The molecule has 0 saturated heterocycles. The number of alkyl halides is 3. The van der Waals surface area contributed by atoms with Gasteiger partial charge < -0.3 is 14.8 Å². The van der Waals surface area contributed by atoms with Crippen molar-refractivity contribution in [3.63, 3.8) is 0 Å². The Morgan fingerprint density at radius 2 is 1.90 bits per heavy atom. The summed E-state index contributed by atoms with van der Waals surface area (Å²) in [5, 5.41) is 5.08. The number of benzene rings is 2. The Labute approximate surface area is 169 Å². The summed E-state index contributed by atoms with van der Waals surface area (Å²) < 4.78 is 46.2. The Hall–Kier alpha value is -3.07. The number of anilines is 1. The Morgan fingerprint density at radius 3 is 2.59 bits per heavy atom. The Balaban J connectivity index is 1.61. The third kappa shape index (κ3) is 6.21. The second-order valence-corrected chi connectivity index (χ2v) is 6.76. The van der Waals surface area contributed by atoms with Crippen molar-refractivity contribution >= 4 is 22.9 Å². The van der Waals surface area contributed by atoms with E-state index in [1.54, 1.807) is 5.38 Å². The van der Waals surface area contributed by atoms with Crippen molar-refractivity contribution in [2.45, 2.75) is 19.7 Å². The largest absolute Gasteiger partial charge is 0.573 e. The minimum absolute atomic E-state index is 0.00210. The van der Waals surface area contributed by atoms with Crippen molar-refractivity contribution in [3.05, 3.63) is 59.6 Å². The van der Waals surface area contributed by atoms with E-state index in [1.807, 2.05) is 31.2 Å². The number of aromatic nitrogens is 1. The number of carbonyl (C=O) groups is 1. The van der Waals surface area contributed by atoms with E-state index in [0.717, 1.165) is 28.5 Å². The Morgan fingerprint density at radius 1 is 1.14 bits per heavy atom. The van der Waals surface area contributed by atoms with Gasteiger partial charge in [0.1, 0.15) is 16.5 Å². The van der Waals surface area contributed by atoms with Crippen LogP contribution in [-0.2, 0) is 11.2 Å². The molecular formula is C20H17F3N2O3S. The van der Waals surface area contributed by atoms with Crippen molar-refractivity contribution in [2.24, 2.45) is 0 Å². The van der Waals surface area contributed by atoms with Gasteiger partial charge in [-0.15, -0.1) is 24.5 Å². The molecule has 1 N–H and O–H groups in total. The highest BCUT2D eigenvalue weighted by Crippen LogP contribution is 2.27. The molecule has 29 heavy (non-hydrogen) atoms. The van der Waals surface area contributed by atoms with Gasteiger partial charge in [-0.1, -0.05) is 6.07 Å². The summed E-state index contributed by atoms with van der Waals surface area (Å²) in [6.45, 7) is 2.49. The summed E-state index contributed by atoms with van der Waals surface area (Å²) in [6.07, 6.45) is -4.79. The third-order valence-electron chi connectivity index (χ3n) is 3.66. The lowest BCUT2D eigenvalue weighted by atomic mass is 10.2. The van der Waals surface area contributed by atoms with Gasteiger partial charge in [-0.05, 0) is 43.3 Å². The predicted molar refractivity (Wildman–Crippen MR) is 104 cm³/mol. The van der Waals surface area contributed by atoms with Crippen molar-refractivity contribution in [3.8, 4) is 22.1 Å². The molecule has 3 aromatic rings. The molecule has 0 aliphatic heterocycles. The number of nitrogens with zero attached hydrogens (tertiary/aromatic N) is 1. The summed E-state index contributed by atoms with van der Waals surface area (Å²) in [4.78, 5) is 16.7. The van der Waals surface area contributed by atoms with Crippen LogP contribution in [-0.4, -0.2) is 23.9 Å². The molecule has 0 atom stereocenters. The van der Waals surface area contributed by atoms with Crippen LogP contribution in [0.4, 0.5) is 18.9 Å². The first kappa shape index (κ1) is 20.7. The molecule has 2 aromatic carbocycles. The molecule has 0 bridgehead atoms. The molecule has 1 amide bonds. The fraction of sp³-hybridized carbons (Fsp3) is 0.200. The normalized spacial score (nSPS) is 11.2. The zero-order valence-electron chi connectivity index (χ0n) is 15.3. The van der Waals surface area contributed by atoms with Gasteiger partial charge in [-0.2, -0.15) is 0 Å². The third-order valence-corrected chi connectivity index (χ3v) is 4.60. The maximum absolute atomic E-state index is 12.3. The fourth-order valence-corrected chi connectivity index (χ4v) is 3.35. The molecule has 9 heteroatoms. The lowest BCUT2D eigenvalue weighted by molar-refractivity contribution is -0.274. The molecular weight excluding hydrogens is 405 g/mol. The van der Waals surface area contributed by atoms with Crippen LogP contribution in [0.5, 0.6) is 11.5 Å². The average molecular weight is 422 g/mol. The molecule has 0 saturated carbocycles. The lowest BCUT2D eigenvalue weighted by Crippen LogP contribution is -2.18. The van der Waals surface area contributed by atoms with Gasteiger partial charge in [0.05, 0.1) is 18.7 Å². The SMILES string of the molecule is CCOc1ccc(-c2nc(CC(=O)Nc3cccc(OC(F)(F)F)c3)cs2)cc1. The van der Waals surface area contributed by atoms with E-state index in [4.69, 9.17) is 4.74 Å². The summed E-state index contributed by atoms with van der Waals surface area (Å²) in [5.41, 5.74) is 1.68. The molecule has 0 aliphatic rings. The summed E-state index contributed by atoms with van der Waals surface area (Å²) in [5.74, 6) is -0.0245. The predicted octanol–water partition coefficient (Wildman–Crippen LogP) is 5.29. The van der Waals surface area contributed by atoms with Gasteiger partial charge in [-0.25, -0.2) is 4.98 Å². The second kappa shape index (κ2) is 8.95. The van der Waals surface area contributed by atoms with Gasteiger partial charge in [-0.3, -0.25) is 4.79 Å². The van der Waals surface area contributed by atoms with Gasteiger partial charge >= 0.3 is 6.36 Å². The van der Waals surface area contributed by atoms with Crippen LogP contribution in [0.3, 0.4) is 0 Å². The number of nitrogens with one attached hydrogen (secondary N) is 1. The van der Waals surface area contributed by atoms with E-state index >= 15 is 0 Å². The highest BCUT2D eigenvalue weighted by molar-refractivity contribution is 7.13. The maximum atomic E-state index is 12.3. The molecule has 5 nitrogen and oxygen atoms in total. The number of hydrogen-bond acceptors (Lipinski definition) is 5. The molecule has 3 rings (SSSR count). The number of amides is 1. The number of ether oxygens (including phenoxy) is 2. The van der Waals surface area contributed by atoms with Gasteiger partial charge in [0.25, 0.3) is 0 Å². The molecule has 0 spiro atoms. The average Bonchev–Trinajstić information content (AvgIpc) is 3.09. The van der Waals surface area contributed by atoms with Gasteiger partial charge in [0.15, 0.2) is 0 Å². The van der Waals surface area contributed by atoms with Gasteiger partial charge in [0.2, 0.25) is 5.91 Å². The van der Waals surface area contributed by atoms with Crippen molar-refractivity contribution in [2.75, 3.05) is 11.9 Å². The fourth-order valence-electron chi connectivity index (χ4n) is 2.52. The van der Waals surface area contributed by atoms with Crippen molar-refractivity contribution in [1.82, 2.24) is 4.98 Å². The minimum atomic E-state index is -4.79. The quantitative estimate of drug-likeness (QED) is 0.562. The topological polar surface area (TPSA) is 60.5 Å². The number of halogens is 3. The first-order chi connectivity index (χ1) is 13.8. The lowest BCUT2D eigenvalue weighted by Gasteiger charge is -2.10. The van der Waals surface area contributed by atoms with Crippen LogP contribution < -0.4 is 14.8 Å². The highest BCUT2D eigenvalue weighted by Gasteiger charge is 2.31.